The molecule has 1 aromatic carbocycles. The van der Waals surface area contributed by atoms with Crippen molar-refractivity contribution >= 4 is 5.82 Å². The first kappa shape index (κ1) is 13.0. The molecule has 0 radical (unpaired) electrons. The predicted octanol–water partition coefficient (Wildman–Crippen LogP) is 2.70. The van der Waals surface area contributed by atoms with E-state index < -0.39 is 0 Å². The Morgan fingerprint density at radius 2 is 1.95 bits per heavy atom. The number of rotatable bonds is 2. The Morgan fingerprint density at radius 3 is 2.55 bits per heavy atom. The summed E-state index contributed by atoms with van der Waals surface area (Å²) < 4.78 is 21.7. The second-order valence-corrected chi connectivity index (χ2v) is 5.18. The molecule has 1 aliphatic carbocycles. The van der Waals surface area contributed by atoms with E-state index in [1.165, 1.54) is 0 Å². The summed E-state index contributed by atoms with van der Waals surface area (Å²) in [6, 6.07) is 3.42. The molecular formula is C15H18FN3O. The van der Waals surface area contributed by atoms with Crippen molar-refractivity contribution in [1.29, 1.82) is 0 Å². The van der Waals surface area contributed by atoms with Crippen LogP contribution in [-0.4, -0.2) is 16.9 Å². The Morgan fingerprint density at radius 1 is 1.25 bits per heavy atom. The maximum atomic E-state index is 14.8. The van der Waals surface area contributed by atoms with Crippen LogP contribution in [0.4, 0.5) is 10.2 Å². The number of halogens is 1. The number of hydrogen-bond donors (Lipinski definition) is 1. The number of aromatic nitrogens is 2. The highest BCUT2D eigenvalue weighted by Gasteiger charge is 2.23. The van der Waals surface area contributed by atoms with Crippen LogP contribution in [0.5, 0.6) is 5.75 Å². The molecule has 0 saturated carbocycles. The minimum absolute atomic E-state index is 0.182. The van der Waals surface area contributed by atoms with Crippen molar-refractivity contribution in [3.63, 3.8) is 0 Å². The van der Waals surface area contributed by atoms with Gasteiger partial charge in [-0.05, 0) is 37.3 Å². The molecule has 2 aromatic rings. The topological polar surface area (TPSA) is 53.1 Å². The Hall–Kier alpha value is -2.04. The Bertz CT molecular complexity index is 644. The molecule has 1 aliphatic rings. The van der Waals surface area contributed by atoms with E-state index in [0.29, 0.717) is 17.1 Å². The molecule has 3 rings (SSSR count). The maximum Gasteiger partial charge on any atom is 0.136 e. The van der Waals surface area contributed by atoms with Gasteiger partial charge in [0.05, 0.1) is 12.8 Å². The Balaban J connectivity index is 2.21. The third-order valence-electron chi connectivity index (χ3n) is 3.95. The van der Waals surface area contributed by atoms with Gasteiger partial charge in [0.15, 0.2) is 0 Å². The summed E-state index contributed by atoms with van der Waals surface area (Å²) >= 11 is 0. The van der Waals surface area contributed by atoms with Crippen LogP contribution in [0.2, 0.25) is 0 Å². The van der Waals surface area contributed by atoms with Crippen molar-refractivity contribution in [1.82, 2.24) is 9.78 Å². The van der Waals surface area contributed by atoms with Crippen molar-refractivity contribution < 1.29 is 9.13 Å². The van der Waals surface area contributed by atoms with Crippen LogP contribution < -0.4 is 10.5 Å². The number of aryl methyl sites for hydroxylation is 1. The normalized spacial score (nSPS) is 14.2. The molecule has 0 amide bonds. The number of nitrogen functional groups attached to an aromatic ring is 1. The van der Waals surface area contributed by atoms with E-state index in [1.54, 1.807) is 31.0 Å². The molecule has 0 spiro atoms. The molecule has 2 N–H and O–H groups in total. The van der Waals surface area contributed by atoms with E-state index in [9.17, 15) is 4.39 Å². The van der Waals surface area contributed by atoms with Gasteiger partial charge in [0.2, 0.25) is 0 Å². The first-order valence-electron chi connectivity index (χ1n) is 6.80. The minimum Gasteiger partial charge on any atom is -0.496 e. The van der Waals surface area contributed by atoms with E-state index in [2.05, 4.69) is 5.10 Å². The van der Waals surface area contributed by atoms with Gasteiger partial charge < -0.3 is 10.5 Å². The minimum atomic E-state index is -0.182. The van der Waals surface area contributed by atoms with Crippen molar-refractivity contribution in [3.8, 4) is 17.0 Å². The lowest BCUT2D eigenvalue weighted by Crippen LogP contribution is -2.09. The summed E-state index contributed by atoms with van der Waals surface area (Å²) in [5.41, 5.74) is 8.58. The highest BCUT2D eigenvalue weighted by Crippen LogP contribution is 2.37. The number of benzene rings is 1. The second kappa shape index (κ2) is 4.81. The number of nitrogens with two attached hydrogens (primary N) is 1. The zero-order chi connectivity index (χ0) is 14.3. The molecule has 0 unspecified atom stereocenters. The highest BCUT2D eigenvalue weighted by molar-refractivity contribution is 5.68. The van der Waals surface area contributed by atoms with Gasteiger partial charge in [0.25, 0.3) is 0 Å². The number of ether oxygens (including phenoxy) is 1. The van der Waals surface area contributed by atoms with Gasteiger partial charge in [0.1, 0.15) is 17.4 Å². The molecule has 0 aliphatic heterocycles. The fourth-order valence-corrected chi connectivity index (χ4v) is 2.85. The van der Waals surface area contributed by atoms with Crippen LogP contribution in [0.1, 0.15) is 24.0 Å². The third kappa shape index (κ3) is 1.94. The van der Waals surface area contributed by atoms with E-state index in [4.69, 9.17) is 10.5 Å². The molecule has 1 aromatic heterocycles. The predicted molar refractivity (Wildman–Crippen MR) is 76.2 cm³/mol. The molecular weight excluding hydrogens is 257 g/mol. The summed E-state index contributed by atoms with van der Waals surface area (Å²) in [6.07, 6.45) is 3.73. The summed E-state index contributed by atoms with van der Waals surface area (Å²) in [4.78, 5) is 0. The van der Waals surface area contributed by atoms with Crippen molar-refractivity contribution in [2.24, 2.45) is 7.05 Å². The van der Waals surface area contributed by atoms with Crippen molar-refractivity contribution in [3.05, 3.63) is 29.1 Å². The highest BCUT2D eigenvalue weighted by atomic mass is 19.1. The number of fused-ring (bicyclic) bond motifs is 1. The molecule has 0 saturated heterocycles. The number of methoxy groups -OCH3 is 1. The molecule has 5 heteroatoms. The number of anilines is 1. The summed E-state index contributed by atoms with van der Waals surface area (Å²) in [5.74, 6) is 1.08. The van der Waals surface area contributed by atoms with Gasteiger partial charge >= 0.3 is 0 Å². The van der Waals surface area contributed by atoms with Gasteiger partial charge in [-0.15, -0.1) is 0 Å². The smallest absolute Gasteiger partial charge is 0.136 e. The first-order valence-corrected chi connectivity index (χ1v) is 6.80. The monoisotopic (exact) mass is 275 g/mol. The van der Waals surface area contributed by atoms with E-state index in [0.717, 1.165) is 42.6 Å². The van der Waals surface area contributed by atoms with Crippen LogP contribution in [-0.2, 0) is 19.9 Å². The molecule has 1 heterocycles. The van der Waals surface area contributed by atoms with Crippen LogP contribution >= 0.6 is 0 Å². The van der Waals surface area contributed by atoms with Crippen molar-refractivity contribution in [2.45, 2.75) is 25.7 Å². The van der Waals surface area contributed by atoms with Crippen LogP contribution in [0.15, 0.2) is 12.1 Å². The van der Waals surface area contributed by atoms with Gasteiger partial charge in [-0.3, -0.25) is 4.68 Å². The van der Waals surface area contributed by atoms with Crippen molar-refractivity contribution in [2.75, 3.05) is 12.8 Å². The average molecular weight is 275 g/mol. The fourth-order valence-electron chi connectivity index (χ4n) is 2.85. The molecule has 4 nitrogen and oxygen atoms in total. The summed E-state index contributed by atoms with van der Waals surface area (Å²) in [7, 11) is 3.37. The molecule has 0 bridgehead atoms. The molecule has 106 valence electrons. The van der Waals surface area contributed by atoms with E-state index >= 15 is 0 Å². The largest absolute Gasteiger partial charge is 0.496 e. The maximum absolute atomic E-state index is 14.8. The molecule has 20 heavy (non-hydrogen) atoms. The van der Waals surface area contributed by atoms with Crippen LogP contribution in [0, 0.1) is 5.82 Å². The van der Waals surface area contributed by atoms with E-state index in [-0.39, 0.29) is 5.82 Å². The average Bonchev–Trinajstić information content (AvgIpc) is 2.79. The summed E-state index contributed by atoms with van der Waals surface area (Å²) in [5, 5.41) is 4.26. The van der Waals surface area contributed by atoms with Gasteiger partial charge in [-0.25, -0.2) is 4.39 Å². The number of nitrogens with zero attached hydrogens (tertiary/aromatic N) is 2. The van der Waals surface area contributed by atoms with Gasteiger partial charge in [-0.2, -0.15) is 5.10 Å². The van der Waals surface area contributed by atoms with Crippen LogP contribution in [0.3, 0.4) is 0 Å². The Labute approximate surface area is 117 Å². The molecule has 0 atom stereocenters. The quantitative estimate of drug-likeness (QED) is 0.916. The lowest BCUT2D eigenvalue weighted by Gasteiger charge is -2.21. The SMILES string of the molecule is COc1cc(-c2cc(N)n(C)n2)c(F)c2c1CCCC2. The zero-order valence-corrected chi connectivity index (χ0v) is 11.7. The molecule has 0 fully saturated rings. The number of hydrogen-bond acceptors (Lipinski definition) is 3. The first-order chi connectivity index (χ1) is 9.61. The van der Waals surface area contributed by atoms with E-state index in [1.807, 2.05) is 0 Å². The fraction of sp³-hybridized carbons (Fsp3) is 0.400. The third-order valence-corrected chi connectivity index (χ3v) is 3.95. The zero-order valence-electron chi connectivity index (χ0n) is 11.7. The second-order valence-electron chi connectivity index (χ2n) is 5.18. The van der Waals surface area contributed by atoms with Crippen LogP contribution in [0.25, 0.3) is 11.3 Å². The lowest BCUT2D eigenvalue weighted by atomic mass is 9.88. The Kier molecular flexibility index (Phi) is 3.12. The van der Waals surface area contributed by atoms with Gasteiger partial charge in [0, 0.05) is 24.2 Å². The standard InChI is InChI=1S/C15H18FN3O/c1-19-14(17)8-12(18-19)11-7-13(20-2)9-5-3-4-6-10(9)15(11)16/h7-8H,3-6,17H2,1-2H3. The summed E-state index contributed by atoms with van der Waals surface area (Å²) in [6.45, 7) is 0. The lowest BCUT2D eigenvalue weighted by molar-refractivity contribution is 0.404. The van der Waals surface area contributed by atoms with Gasteiger partial charge in [-0.1, -0.05) is 0 Å².